The van der Waals surface area contributed by atoms with Crippen LogP contribution in [-0.2, 0) is 13.6 Å². The predicted octanol–water partition coefficient (Wildman–Crippen LogP) is 2.18. The Morgan fingerprint density at radius 2 is 2.24 bits per heavy atom. The number of aryl methyl sites for hydroxylation is 1. The van der Waals surface area contributed by atoms with E-state index in [0.717, 1.165) is 5.69 Å². The maximum absolute atomic E-state index is 13.5. The molecule has 1 aromatic carbocycles. The summed E-state index contributed by atoms with van der Waals surface area (Å²) in [4.78, 5) is 0. The van der Waals surface area contributed by atoms with E-state index in [2.05, 4.69) is 10.4 Å². The van der Waals surface area contributed by atoms with Crippen molar-refractivity contribution in [2.45, 2.75) is 6.54 Å². The predicted molar refractivity (Wildman–Crippen MR) is 63.5 cm³/mol. The normalized spacial score (nSPS) is 10.3. The number of halogens is 1. The number of anilines is 1. The van der Waals surface area contributed by atoms with Gasteiger partial charge in [-0.2, -0.15) is 5.10 Å². The lowest BCUT2D eigenvalue weighted by atomic mass is 10.2. The molecule has 0 unspecified atom stereocenters. The Labute approximate surface area is 99.0 Å². The number of hydrogen-bond acceptors (Lipinski definition) is 3. The molecule has 1 aromatic heterocycles. The fourth-order valence-electron chi connectivity index (χ4n) is 1.51. The molecule has 2 aromatic rings. The van der Waals surface area contributed by atoms with Gasteiger partial charge in [0.2, 0.25) is 0 Å². The second kappa shape index (κ2) is 4.86. The molecule has 0 spiro atoms. The summed E-state index contributed by atoms with van der Waals surface area (Å²) in [5.74, 6) is 0.316. The molecule has 1 N–H and O–H groups in total. The van der Waals surface area contributed by atoms with Crippen molar-refractivity contribution in [1.82, 2.24) is 9.78 Å². The highest BCUT2D eigenvalue weighted by Gasteiger charge is 2.04. The number of rotatable bonds is 4. The second-order valence-corrected chi connectivity index (χ2v) is 3.68. The molecule has 0 aliphatic heterocycles. The Bertz CT molecular complexity index is 510. The summed E-state index contributed by atoms with van der Waals surface area (Å²) in [6.45, 7) is 0.477. The molecule has 0 saturated carbocycles. The number of methoxy groups -OCH3 is 1. The van der Waals surface area contributed by atoms with Crippen LogP contribution in [0.5, 0.6) is 5.75 Å². The summed E-state index contributed by atoms with van der Waals surface area (Å²) in [6.07, 6.45) is 1.85. The summed E-state index contributed by atoms with van der Waals surface area (Å²) in [5.41, 5.74) is 1.27. The Kier molecular flexibility index (Phi) is 3.27. The van der Waals surface area contributed by atoms with E-state index in [1.807, 2.05) is 19.3 Å². The van der Waals surface area contributed by atoms with Crippen molar-refractivity contribution in [1.29, 1.82) is 0 Å². The first-order chi connectivity index (χ1) is 8.19. The molecule has 0 bridgehead atoms. The minimum atomic E-state index is -0.304. The molecule has 17 heavy (non-hydrogen) atoms. The molecule has 1 heterocycles. The zero-order valence-corrected chi connectivity index (χ0v) is 9.77. The SMILES string of the molecule is COc1ccc(F)c(NCc2ccn(C)n2)c1. The standard InChI is InChI=1S/C12H14FN3O/c1-16-6-5-9(15-16)8-14-12-7-10(17-2)3-4-11(12)13/h3-7,14H,8H2,1-2H3. The molecule has 0 aliphatic rings. The molecular formula is C12H14FN3O. The molecule has 4 nitrogen and oxygen atoms in total. The van der Waals surface area contributed by atoms with Crippen molar-refractivity contribution in [3.05, 3.63) is 42.0 Å². The van der Waals surface area contributed by atoms with E-state index < -0.39 is 0 Å². The van der Waals surface area contributed by atoms with E-state index in [-0.39, 0.29) is 5.82 Å². The van der Waals surface area contributed by atoms with Crippen LogP contribution in [0.2, 0.25) is 0 Å². The van der Waals surface area contributed by atoms with Gasteiger partial charge >= 0.3 is 0 Å². The molecule has 90 valence electrons. The molecule has 0 radical (unpaired) electrons. The number of nitrogens with one attached hydrogen (secondary N) is 1. The van der Waals surface area contributed by atoms with Gasteiger partial charge in [0.15, 0.2) is 0 Å². The molecule has 0 amide bonds. The summed E-state index contributed by atoms with van der Waals surface area (Å²) in [6, 6.07) is 6.46. The van der Waals surface area contributed by atoms with Crippen LogP contribution in [0, 0.1) is 5.82 Å². The zero-order valence-electron chi connectivity index (χ0n) is 9.77. The van der Waals surface area contributed by atoms with Crippen molar-refractivity contribution in [2.24, 2.45) is 7.05 Å². The number of nitrogens with zero attached hydrogens (tertiary/aromatic N) is 2. The van der Waals surface area contributed by atoms with Crippen molar-refractivity contribution in [2.75, 3.05) is 12.4 Å². The fourth-order valence-corrected chi connectivity index (χ4v) is 1.51. The molecule has 0 aliphatic carbocycles. The molecule has 0 saturated heterocycles. The Balaban J connectivity index is 2.07. The van der Waals surface area contributed by atoms with Gasteiger partial charge in [0.05, 0.1) is 25.0 Å². The highest BCUT2D eigenvalue weighted by molar-refractivity contribution is 5.49. The Morgan fingerprint density at radius 1 is 1.41 bits per heavy atom. The average molecular weight is 235 g/mol. The smallest absolute Gasteiger partial charge is 0.146 e. The Morgan fingerprint density at radius 3 is 2.88 bits per heavy atom. The van der Waals surface area contributed by atoms with E-state index in [4.69, 9.17) is 4.74 Å². The van der Waals surface area contributed by atoms with Crippen LogP contribution in [0.1, 0.15) is 5.69 Å². The van der Waals surface area contributed by atoms with E-state index >= 15 is 0 Å². The fraction of sp³-hybridized carbons (Fsp3) is 0.250. The summed E-state index contributed by atoms with van der Waals surface area (Å²) >= 11 is 0. The van der Waals surface area contributed by atoms with Gasteiger partial charge in [-0.1, -0.05) is 0 Å². The van der Waals surface area contributed by atoms with Crippen molar-refractivity contribution >= 4 is 5.69 Å². The third-order valence-electron chi connectivity index (χ3n) is 2.40. The van der Waals surface area contributed by atoms with Gasteiger partial charge < -0.3 is 10.1 Å². The third-order valence-corrected chi connectivity index (χ3v) is 2.40. The van der Waals surface area contributed by atoms with Crippen LogP contribution in [0.3, 0.4) is 0 Å². The van der Waals surface area contributed by atoms with Gasteiger partial charge in [0.25, 0.3) is 0 Å². The van der Waals surface area contributed by atoms with E-state index in [0.29, 0.717) is 18.0 Å². The quantitative estimate of drug-likeness (QED) is 0.882. The maximum atomic E-state index is 13.5. The minimum Gasteiger partial charge on any atom is -0.497 e. The number of aromatic nitrogens is 2. The minimum absolute atomic E-state index is 0.304. The summed E-state index contributed by atoms with van der Waals surface area (Å²) < 4.78 is 20.2. The summed E-state index contributed by atoms with van der Waals surface area (Å²) in [5, 5.41) is 7.18. The Hall–Kier alpha value is -2.04. The lowest BCUT2D eigenvalue weighted by Crippen LogP contribution is -2.03. The number of benzene rings is 1. The number of hydrogen-bond donors (Lipinski definition) is 1. The molecule has 0 fully saturated rings. The van der Waals surface area contributed by atoms with Gasteiger partial charge in [-0.25, -0.2) is 4.39 Å². The first-order valence-corrected chi connectivity index (χ1v) is 5.25. The molecule has 5 heteroatoms. The van der Waals surface area contributed by atoms with Crippen LogP contribution in [0.15, 0.2) is 30.5 Å². The van der Waals surface area contributed by atoms with Gasteiger partial charge in [-0.3, -0.25) is 4.68 Å². The highest BCUT2D eigenvalue weighted by Crippen LogP contribution is 2.21. The monoisotopic (exact) mass is 235 g/mol. The van der Waals surface area contributed by atoms with Crippen LogP contribution < -0.4 is 10.1 Å². The van der Waals surface area contributed by atoms with Gasteiger partial charge in [-0.15, -0.1) is 0 Å². The van der Waals surface area contributed by atoms with Gasteiger partial charge in [0.1, 0.15) is 11.6 Å². The first kappa shape index (κ1) is 11.4. The third kappa shape index (κ3) is 2.75. The van der Waals surface area contributed by atoms with Gasteiger partial charge in [0, 0.05) is 19.3 Å². The van der Waals surface area contributed by atoms with Crippen molar-refractivity contribution in [3.8, 4) is 5.75 Å². The topological polar surface area (TPSA) is 39.1 Å². The maximum Gasteiger partial charge on any atom is 0.146 e. The molecule has 0 atom stereocenters. The zero-order chi connectivity index (χ0) is 12.3. The molecular weight excluding hydrogens is 221 g/mol. The van der Waals surface area contributed by atoms with Crippen LogP contribution in [0.25, 0.3) is 0 Å². The lowest BCUT2D eigenvalue weighted by Gasteiger charge is -2.07. The molecule has 2 rings (SSSR count). The highest BCUT2D eigenvalue weighted by atomic mass is 19.1. The van der Waals surface area contributed by atoms with Gasteiger partial charge in [-0.05, 0) is 18.2 Å². The largest absolute Gasteiger partial charge is 0.497 e. The van der Waals surface area contributed by atoms with E-state index in [1.165, 1.54) is 6.07 Å². The van der Waals surface area contributed by atoms with Crippen LogP contribution in [0.4, 0.5) is 10.1 Å². The van der Waals surface area contributed by atoms with Crippen LogP contribution in [-0.4, -0.2) is 16.9 Å². The second-order valence-electron chi connectivity index (χ2n) is 3.68. The average Bonchev–Trinajstić information content (AvgIpc) is 2.74. The lowest BCUT2D eigenvalue weighted by molar-refractivity contribution is 0.414. The van der Waals surface area contributed by atoms with Crippen molar-refractivity contribution in [3.63, 3.8) is 0 Å². The first-order valence-electron chi connectivity index (χ1n) is 5.25. The van der Waals surface area contributed by atoms with Crippen molar-refractivity contribution < 1.29 is 9.13 Å². The van der Waals surface area contributed by atoms with E-state index in [9.17, 15) is 4.39 Å². The van der Waals surface area contributed by atoms with E-state index in [1.54, 1.807) is 23.9 Å². The number of ether oxygens (including phenoxy) is 1. The summed E-state index contributed by atoms with van der Waals surface area (Å²) in [7, 11) is 3.39. The van der Waals surface area contributed by atoms with Crippen LogP contribution >= 0.6 is 0 Å².